The molecule has 0 bridgehead atoms. The van der Waals surface area contributed by atoms with Gasteiger partial charge in [0.25, 0.3) is 11.5 Å². The van der Waals surface area contributed by atoms with Gasteiger partial charge >= 0.3 is 0 Å². The number of hydrogen-bond donors (Lipinski definition) is 2. The molecule has 24 heavy (non-hydrogen) atoms. The van der Waals surface area contributed by atoms with E-state index in [1.54, 1.807) is 0 Å². The maximum atomic E-state index is 12.3. The van der Waals surface area contributed by atoms with Gasteiger partial charge in [0, 0.05) is 30.7 Å². The lowest BCUT2D eigenvalue weighted by Gasteiger charge is -2.08. The van der Waals surface area contributed by atoms with Crippen LogP contribution in [0.4, 0.5) is 0 Å². The Labute approximate surface area is 139 Å². The van der Waals surface area contributed by atoms with E-state index in [1.165, 1.54) is 30.1 Å². The van der Waals surface area contributed by atoms with Crippen LogP contribution in [0.5, 0.6) is 0 Å². The second kappa shape index (κ2) is 5.96. The van der Waals surface area contributed by atoms with E-state index < -0.39 is 0 Å². The molecule has 0 saturated carbocycles. The molecule has 0 aliphatic carbocycles. The molecule has 2 aromatic heterocycles. The maximum Gasteiger partial charge on any atom is 0.271 e. The number of nitrogens with zero attached hydrogens (tertiary/aromatic N) is 2. The van der Waals surface area contributed by atoms with E-state index >= 15 is 0 Å². The Bertz CT molecular complexity index is 998. The summed E-state index contributed by atoms with van der Waals surface area (Å²) in [6.07, 6.45) is 0. The van der Waals surface area contributed by atoms with Gasteiger partial charge in [0.05, 0.1) is 5.52 Å². The van der Waals surface area contributed by atoms with Crippen molar-refractivity contribution in [1.29, 1.82) is 0 Å². The molecule has 0 atom stereocenters. The molecule has 0 radical (unpaired) electrons. The fraction of sp³-hybridized carbons (Fsp3) is 0.278. The lowest BCUT2D eigenvalue weighted by atomic mass is 10.0. The number of hydrogen-bond acceptors (Lipinski definition) is 3. The Morgan fingerprint density at radius 2 is 2.00 bits per heavy atom. The van der Waals surface area contributed by atoms with Crippen molar-refractivity contribution in [1.82, 2.24) is 20.1 Å². The second-order valence-electron chi connectivity index (χ2n) is 6.08. The third kappa shape index (κ3) is 2.82. The van der Waals surface area contributed by atoms with E-state index in [0.717, 1.165) is 27.0 Å². The van der Waals surface area contributed by atoms with E-state index in [2.05, 4.69) is 34.5 Å². The van der Waals surface area contributed by atoms with Crippen LogP contribution in [0, 0.1) is 20.8 Å². The average molecular weight is 324 g/mol. The molecule has 6 nitrogen and oxygen atoms in total. The molecule has 3 aromatic rings. The number of aromatic amines is 1. The van der Waals surface area contributed by atoms with Crippen molar-refractivity contribution >= 4 is 16.8 Å². The molecule has 6 heteroatoms. The number of aromatic nitrogens is 3. The molecule has 0 saturated heterocycles. The van der Waals surface area contributed by atoms with Crippen molar-refractivity contribution < 1.29 is 4.79 Å². The van der Waals surface area contributed by atoms with Crippen molar-refractivity contribution in [2.75, 3.05) is 0 Å². The standard InChI is InChI=1S/C18H20N4O2/c1-10-7-13(17-14(8-10)11(2)12(3)20-17)9-19-18(24)15-5-6-16(23)22(4)21-15/h5-8,20H,9H2,1-4H3,(H,19,24). The Kier molecular flexibility index (Phi) is 3.97. The first-order chi connectivity index (χ1) is 11.4. The van der Waals surface area contributed by atoms with Crippen molar-refractivity contribution in [3.8, 4) is 0 Å². The number of rotatable bonds is 3. The number of nitrogens with one attached hydrogen (secondary N) is 2. The van der Waals surface area contributed by atoms with Gasteiger partial charge in [-0.1, -0.05) is 11.6 Å². The normalized spacial score (nSPS) is 11.0. The van der Waals surface area contributed by atoms with Gasteiger partial charge in [0.2, 0.25) is 0 Å². The molecule has 1 amide bonds. The third-order valence-corrected chi connectivity index (χ3v) is 4.28. The Hall–Kier alpha value is -2.89. The highest BCUT2D eigenvalue weighted by Gasteiger charge is 2.12. The van der Waals surface area contributed by atoms with Crippen LogP contribution in [0.3, 0.4) is 0 Å². The predicted molar refractivity (Wildman–Crippen MR) is 93.2 cm³/mol. The zero-order valence-corrected chi connectivity index (χ0v) is 14.2. The topological polar surface area (TPSA) is 79.8 Å². The SMILES string of the molecule is Cc1cc(CNC(=O)c2ccc(=O)n(C)n2)c2[nH]c(C)c(C)c2c1. The molecule has 1 aromatic carbocycles. The van der Waals surface area contributed by atoms with Crippen LogP contribution < -0.4 is 10.9 Å². The molecular weight excluding hydrogens is 304 g/mol. The first-order valence-corrected chi connectivity index (χ1v) is 7.78. The van der Waals surface area contributed by atoms with Crippen LogP contribution in [-0.2, 0) is 13.6 Å². The summed E-state index contributed by atoms with van der Waals surface area (Å²) in [6, 6.07) is 6.98. The van der Waals surface area contributed by atoms with E-state index in [0.29, 0.717) is 6.54 Å². The van der Waals surface area contributed by atoms with Crippen LogP contribution in [-0.4, -0.2) is 20.7 Å². The van der Waals surface area contributed by atoms with Gasteiger partial charge in [-0.3, -0.25) is 9.59 Å². The minimum Gasteiger partial charge on any atom is -0.358 e. The zero-order chi connectivity index (χ0) is 17.4. The summed E-state index contributed by atoms with van der Waals surface area (Å²) >= 11 is 0. The monoisotopic (exact) mass is 324 g/mol. The summed E-state index contributed by atoms with van der Waals surface area (Å²) in [5.41, 5.74) is 5.55. The highest BCUT2D eigenvalue weighted by molar-refractivity contribution is 5.93. The number of fused-ring (bicyclic) bond motifs is 1. The fourth-order valence-corrected chi connectivity index (χ4v) is 2.82. The van der Waals surface area contributed by atoms with Crippen molar-refractivity contribution in [2.45, 2.75) is 27.3 Å². The number of H-pyrrole nitrogens is 1. The number of aryl methyl sites for hydroxylation is 4. The smallest absolute Gasteiger partial charge is 0.271 e. The Balaban J connectivity index is 1.87. The first kappa shape index (κ1) is 16.0. The van der Waals surface area contributed by atoms with E-state index in [1.807, 2.05) is 13.8 Å². The van der Waals surface area contributed by atoms with Crippen molar-refractivity contribution in [3.63, 3.8) is 0 Å². The summed E-state index contributed by atoms with van der Waals surface area (Å²) in [7, 11) is 1.52. The zero-order valence-electron chi connectivity index (χ0n) is 14.2. The first-order valence-electron chi connectivity index (χ1n) is 7.78. The van der Waals surface area contributed by atoms with Gasteiger partial charge in [0.15, 0.2) is 0 Å². The van der Waals surface area contributed by atoms with Gasteiger partial charge in [-0.25, -0.2) is 4.68 Å². The highest BCUT2D eigenvalue weighted by Crippen LogP contribution is 2.26. The molecule has 2 heterocycles. The van der Waals surface area contributed by atoms with Gasteiger partial charge in [0.1, 0.15) is 5.69 Å². The molecule has 0 aliphatic heterocycles. The minimum atomic E-state index is -0.305. The molecule has 0 unspecified atom stereocenters. The Morgan fingerprint density at radius 3 is 2.71 bits per heavy atom. The molecule has 124 valence electrons. The summed E-state index contributed by atoms with van der Waals surface area (Å²) in [6.45, 7) is 6.56. The van der Waals surface area contributed by atoms with Gasteiger partial charge in [-0.15, -0.1) is 0 Å². The molecule has 0 fully saturated rings. The summed E-state index contributed by atoms with van der Waals surface area (Å²) < 4.78 is 1.15. The molecule has 3 rings (SSSR count). The number of amides is 1. The molecular formula is C18H20N4O2. The van der Waals surface area contributed by atoms with E-state index in [9.17, 15) is 9.59 Å². The molecule has 0 spiro atoms. The van der Waals surface area contributed by atoms with Crippen LogP contribution in [0.25, 0.3) is 10.9 Å². The van der Waals surface area contributed by atoms with Gasteiger partial charge in [-0.2, -0.15) is 5.10 Å². The lowest BCUT2D eigenvalue weighted by Crippen LogP contribution is -2.28. The average Bonchev–Trinajstić information content (AvgIpc) is 2.83. The molecule has 2 N–H and O–H groups in total. The number of carbonyl (C=O) groups is 1. The Morgan fingerprint density at radius 1 is 1.25 bits per heavy atom. The van der Waals surface area contributed by atoms with E-state index in [4.69, 9.17) is 0 Å². The molecule has 0 aliphatic rings. The van der Waals surface area contributed by atoms with Crippen LogP contribution in [0.1, 0.15) is 32.9 Å². The van der Waals surface area contributed by atoms with E-state index in [-0.39, 0.29) is 17.2 Å². The van der Waals surface area contributed by atoms with Crippen molar-refractivity contribution in [3.05, 3.63) is 62.7 Å². The quantitative estimate of drug-likeness (QED) is 0.774. The fourth-order valence-electron chi connectivity index (χ4n) is 2.82. The third-order valence-electron chi connectivity index (χ3n) is 4.28. The summed E-state index contributed by atoms with van der Waals surface area (Å²) in [5.74, 6) is -0.305. The summed E-state index contributed by atoms with van der Waals surface area (Å²) in [5, 5.41) is 8.02. The van der Waals surface area contributed by atoms with Crippen LogP contribution in [0.15, 0.2) is 29.1 Å². The maximum absolute atomic E-state index is 12.3. The highest BCUT2D eigenvalue weighted by atomic mass is 16.2. The van der Waals surface area contributed by atoms with Crippen molar-refractivity contribution in [2.24, 2.45) is 7.05 Å². The summed E-state index contributed by atoms with van der Waals surface area (Å²) in [4.78, 5) is 27.0. The van der Waals surface area contributed by atoms with Gasteiger partial charge in [-0.05, 0) is 44.0 Å². The number of benzene rings is 1. The van der Waals surface area contributed by atoms with Crippen LogP contribution in [0.2, 0.25) is 0 Å². The lowest BCUT2D eigenvalue weighted by molar-refractivity contribution is 0.0943. The largest absolute Gasteiger partial charge is 0.358 e. The number of carbonyl (C=O) groups excluding carboxylic acids is 1. The predicted octanol–water partition coefficient (Wildman–Crippen LogP) is 2.12. The minimum absolute atomic E-state index is 0.222. The van der Waals surface area contributed by atoms with Crippen LogP contribution >= 0.6 is 0 Å². The van der Waals surface area contributed by atoms with Gasteiger partial charge < -0.3 is 10.3 Å². The second-order valence-corrected chi connectivity index (χ2v) is 6.08.